The van der Waals surface area contributed by atoms with Crippen molar-refractivity contribution in [3.8, 4) is 0 Å². The first kappa shape index (κ1) is 23.6. The van der Waals surface area contributed by atoms with Gasteiger partial charge in [-0.2, -0.15) is 17.5 Å². The first-order valence-corrected chi connectivity index (χ1v) is 12.8. The van der Waals surface area contributed by atoms with Gasteiger partial charge >= 0.3 is 6.18 Å². The Morgan fingerprint density at radius 3 is 2.26 bits per heavy atom. The van der Waals surface area contributed by atoms with Crippen molar-refractivity contribution in [2.45, 2.75) is 36.8 Å². The van der Waals surface area contributed by atoms with Crippen LogP contribution in [0, 0.1) is 0 Å². The smallest absolute Gasteiger partial charge is 0.399 e. The molecule has 5 nitrogen and oxygen atoms in total. The van der Waals surface area contributed by atoms with Gasteiger partial charge in [0.25, 0.3) is 0 Å². The first-order valence-electron chi connectivity index (χ1n) is 11.4. The summed E-state index contributed by atoms with van der Waals surface area (Å²) in [5, 5.41) is 0. The summed E-state index contributed by atoms with van der Waals surface area (Å²) in [7, 11) is -3.67. The van der Waals surface area contributed by atoms with E-state index in [4.69, 9.17) is 5.73 Å². The Morgan fingerprint density at radius 1 is 0.886 bits per heavy atom. The number of pyridine rings is 1. The number of alkyl halides is 3. The van der Waals surface area contributed by atoms with Gasteiger partial charge in [-0.3, -0.25) is 4.98 Å². The van der Waals surface area contributed by atoms with Crippen LogP contribution in [0.4, 0.5) is 18.9 Å². The van der Waals surface area contributed by atoms with Gasteiger partial charge in [0.15, 0.2) is 0 Å². The van der Waals surface area contributed by atoms with Crippen molar-refractivity contribution < 1.29 is 21.6 Å². The van der Waals surface area contributed by atoms with Crippen molar-refractivity contribution in [2.24, 2.45) is 0 Å². The third kappa shape index (κ3) is 4.46. The number of anilines is 1. The summed E-state index contributed by atoms with van der Waals surface area (Å²) < 4.78 is 67.9. The number of rotatable bonds is 2. The number of aromatic nitrogens is 1. The lowest BCUT2D eigenvalue weighted by molar-refractivity contribution is -0.137. The predicted octanol–water partition coefficient (Wildman–Crippen LogP) is 5.07. The number of nitrogen functional groups attached to an aromatic ring is 1. The number of fused-ring (bicyclic) bond motifs is 2. The van der Waals surface area contributed by atoms with E-state index in [0.29, 0.717) is 36.9 Å². The Morgan fingerprint density at radius 2 is 1.57 bits per heavy atom. The molecule has 2 heterocycles. The van der Waals surface area contributed by atoms with Gasteiger partial charge in [0.05, 0.1) is 16.2 Å². The standard InChI is InChI=1S/C26H24F3N3O2S/c27-26(28,29)20-5-10-23-19(16-20)4-3-18-2-1-13-31-25(18)24(23)17-11-14-32(15-12-17)35(33,34)22-8-6-21(30)7-9-22/h1-2,5-10,13,16H,3-4,11-12,14-15,30H2. The highest BCUT2D eigenvalue weighted by Crippen LogP contribution is 2.40. The lowest BCUT2D eigenvalue weighted by Crippen LogP contribution is -2.36. The molecule has 0 atom stereocenters. The van der Waals surface area contributed by atoms with Crippen LogP contribution in [0.2, 0.25) is 0 Å². The van der Waals surface area contributed by atoms with Crippen LogP contribution in [0.1, 0.15) is 40.8 Å². The highest BCUT2D eigenvalue weighted by Gasteiger charge is 2.33. The summed E-state index contributed by atoms with van der Waals surface area (Å²) in [6.07, 6.45) is -0.713. The zero-order chi connectivity index (χ0) is 24.8. The minimum atomic E-state index is -4.42. The highest BCUT2D eigenvalue weighted by atomic mass is 32.2. The van der Waals surface area contributed by atoms with Crippen molar-refractivity contribution in [1.82, 2.24) is 9.29 Å². The van der Waals surface area contributed by atoms with E-state index in [2.05, 4.69) is 4.98 Å². The molecule has 35 heavy (non-hydrogen) atoms. The molecule has 2 N–H and O–H groups in total. The molecule has 5 rings (SSSR count). The van der Waals surface area contributed by atoms with Crippen LogP contribution in [0.15, 0.2) is 71.3 Å². The molecule has 1 saturated heterocycles. The summed E-state index contributed by atoms with van der Waals surface area (Å²) >= 11 is 0. The van der Waals surface area contributed by atoms with Crippen LogP contribution < -0.4 is 5.73 Å². The monoisotopic (exact) mass is 499 g/mol. The van der Waals surface area contributed by atoms with E-state index < -0.39 is 21.8 Å². The van der Waals surface area contributed by atoms with Crippen LogP contribution >= 0.6 is 0 Å². The molecule has 1 aliphatic heterocycles. The lowest BCUT2D eigenvalue weighted by atomic mass is 9.88. The van der Waals surface area contributed by atoms with Gasteiger partial charge in [-0.05, 0) is 84.8 Å². The lowest BCUT2D eigenvalue weighted by Gasteiger charge is -2.29. The van der Waals surface area contributed by atoms with E-state index in [1.54, 1.807) is 24.4 Å². The molecule has 0 radical (unpaired) electrons. The summed E-state index contributed by atoms with van der Waals surface area (Å²) in [6.45, 7) is 0.563. The number of halogens is 3. The Hall–Kier alpha value is -3.17. The van der Waals surface area contributed by atoms with Crippen molar-refractivity contribution >= 4 is 21.3 Å². The maximum absolute atomic E-state index is 13.4. The molecule has 2 aromatic carbocycles. The number of sulfonamides is 1. The average molecular weight is 500 g/mol. The topological polar surface area (TPSA) is 76.3 Å². The number of benzene rings is 2. The molecule has 182 valence electrons. The fraction of sp³-hybridized carbons (Fsp3) is 0.269. The van der Waals surface area contributed by atoms with Crippen LogP contribution in [0.5, 0.6) is 0 Å². The zero-order valence-corrected chi connectivity index (χ0v) is 19.7. The van der Waals surface area contributed by atoms with E-state index in [9.17, 15) is 21.6 Å². The van der Waals surface area contributed by atoms with Gasteiger partial charge < -0.3 is 5.73 Å². The van der Waals surface area contributed by atoms with Gasteiger partial charge in [-0.15, -0.1) is 0 Å². The number of hydrogen-bond acceptors (Lipinski definition) is 4. The van der Waals surface area contributed by atoms with Crippen LogP contribution in [0.3, 0.4) is 0 Å². The number of nitrogens with zero attached hydrogens (tertiary/aromatic N) is 2. The Balaban J connectivity index is 1.53. The molecule has 0 spiro atoms. The molecule has 0 amide bonds. The fourth-order valence-corrected chi connectivity index (χ4v) is 6.32. The molecule has 0 bridgehead atoms. The van der Waals surface area contributed by atoms with Gasteiger partial charge in [-0.1, -0.05) is 17.7 Å². The molecule has 0 saturated carbocycles. The summed E-state index contributed by atoms with van der Waals surface area (Å²) in [6, 6.07) is 13.8. The largest absolute Gasteiger partial charge is 0.416 e. The van der Waals surface area contributed by atoms with Gasteiger partial charge in [0, 0.05) is 30.5 Å². The van der Waals surface area contributed by atoms with E-state index in [0.717, 1.165) is 34.0 Å². The quantitative estimate of drug-likeness (QED) is 0.500. The molecular formula is C26H24F3N3O2S. The van der Waals surface area contributed by atoms with E-state index in [1.807, 2.05) is 12.1 Å². The van der Waals surface area contributed by atoms with E-state index in [-0.39, 0.29) is 18.0 Å². The summed E-state index contributed by atoms with van der Waals surface area (Å²) in [5.41, 5.74) is 10.5. The van der Waals surface area contributed by atoms with Crippen LogP contribution in [0.25, 0.3) is 5.57 Å². The molecule has 0 unspecified atom stereocenters. The van der Waals surface area contributed by atoms with E-state index >= 15 is 0 Å². The summed E-state index contributed by atoms with van der Waals surface area (Å²) in [4.78, 5) is 4.79. The van der Waals surface area contributed by atoms with Crippen LogP contribution in [-0.2, 0) is 29.0 Å². The third-order valence-electron chi connectivity index (χ3n) is 6.69. The highest BCUT2D eigenvalue weighted by molar-refractivity contribution is 7.89. The Labute approximate surface area is 202 Å². The van der Waals surface area contributed by atoms with Crippen LogP contribution in [-0.4, -0.2) is 30.8 Å². The Kier molecular flexibility index (Phi) is 5.93. The number of aryl methyl sites for hydroxylation is 2. The summed E-state index contributed by atoms with van der Waals surface area (Å²) in [5.74, 6) is 0. The maximum Gasteiger partial charge on any atom is 0.416 e. The van der Waals surface area contributed by atoms with Crippen molar-refractivity contribution in [2.75, 3.05) is 18.8 Å². The van der Waals surface area contributed by atoms with E-state index in [1.165, 1.54) is 22.5 Å². The second-order valence-electron chi connectivity index (χ2n) is 8.83. The fourth-order valence-electron chi connectivity index (χ4n) is 4.88. The number of hydrogen-bond donors (Lipinski definition) is 1. The normalized spacial score (nSPS) is 17.0. The molecule has 9 heteroatoms. The second-order valence-corrected chi connectivity index (χ2v) is 10.8. The van der Waals surface area contributed by atoms with Gasteiger partial charge in [-0.25, -0.2) is 8.42 Å². The molecule has 1 aromatic heterocycles. The molecule has 3 aromatic rings. The van der Waals surface area contributed by atoms with Crippen molar-refractivity contribution in [3.63, 3.8) is 0 Å². The first-order chi connectivity index (χ1) is 16.6. The number of piperidine rings is 1. The second kappa shape index (κ2) is 8.80. The van der Waals surface area contributed by atoms with Gasteiger partial charge in [0.1, 0.15) is 0 Å². The average Bonchev–Trinajstić information content (AvgIpc) is 3.00. The van der Waals surface area contributed by atoms with Gasteiger partial charge in [0.2, 0.25) is 10.0 Å². The molecule has 2 aliphatic rings. The molecule has 1 aliphatic carbocycles. The number of nitrogens with two attached hydrogens (primary N) is 1. The molecule has 1 fully saturated rings. The van der Waals surface area contributed by atoms with Crippen molar-refractivity contribution in [1.29, 1.82) is 0 Å². The molecular weight excluding hydrogens is 475 g/mol. The SMILES string of the molecule is Nc1ccc(S(=O)(=O)N2CCC(=C3c4ccc(C(F)(F)F)cc4CCc4cccnc43)CC2)cc1. The Bertz CT molecular complexity index is 1400. The predicted molar refractivity (Wildman–Crippen MR) is 128 cm³/mol. The van der Waals surface area contributed by atoms with Crippen molar-refractivity contribution in [3.05, 3.63) is 94.3 Å². The minimum absolute atomic E-state index is 0.189. The minimum Gasteiger partial charge on any atom is -0.399 e. The third-order valence-corrected chi connectivity index (χ3v) is 8.60. The maximum atomic E-state index is 13.4. The zero-order valence-electron chi connectivity index (χ0n) is 18.8.